The molecular weight excluding hydrogens is 317 g/mol. The van der Waals surface area contributed by atoms with Crippen LogP contribution in [0, 0.1) is 0 Å². The van der Waals surface area contributed by atoms with Crippen molar-refractivity contribution in [2.75, 3.05) is 0 Å². The molecule has 0 bridgehead atoms. The van der Waals surface area contributed by atoms with Gasteiger partial charge in [0.15, 0.2) is 0 Å². The van der Waals surface area contributed by atoms with Crippen LogP contribution in [-0.2, 0) is 9.59 Å². The number of unbranched alkanes of at least 4 members (excludes halogenated alkanes) is 1. The van der Waals surface area contributed by atoms with Crippen molar-refractivity contribution >= 4 is 32.8 Å². The fourth-order valence-corrected chi connectivity index (χ4v) is 4.18. The molecule has 1 atom stereocenters. The monoisotopic (exact) mass is 337 g/mol. The molecule has 0 spiro atoms. The van der Waals surface area contributed by atoms with Crippen LogP contribution in [0.5, 0.6) is 0 Å². The number of nitrogens with one attached hydrogen (secondary N) is 1. The Kier molecular flexibility index (Phi) is 13.8. The molecule has 0 fully saturated rings. The van der Waals surface area contributed by atoms with E-state index in [2.05, 4.69) is 12.2 Å². The number of hydrogen-bond acceptors (Lipinski definition) is 3. The largest absolute Gasteiger partial charge is 1.00 e. The minimum atomic E-state index is -1.17. The van der Waals surface area contributed by atoms with Crippen LogP contribution >= 0.6 is 0 Å². The van der Waals surface area contributed by atoms with E-state index in [-0.39, 0.29) is 45.7 Å². The molecule has 16 heavy (non-hydrogen) atoms. The van der Waals surface area contributed by atoms with E-state index in [0.717, 1.165) is 4.47 Å². The van der Waals surface area contributed by atoms with Crippen molar-refractivity contribution in [1.82, 2.24) is 5.32 Å². The summed E-state index contributed by atoms with van der Waals surface area (Å²) in [5.41, 5.74) is 0. The van der Waals surface area contributed by atoms with Gasteiger partial charge in [-0.15, -0.1) is 0 Å². The Balaban J connectivity index is 0. The molecule has 0 saturated heterocycles. The van der Waals surface area contributed by atoms with Crippen LogP contribution in [-0.4, -0.2) is 38.8 Å². The predicted octanol–water partition coefficient (Wildman–Crippen LogP) is -3.02. The summed E-state index contributed by atoms with van der Waals surface area (Å²) in [7, 11) is 0. The maximum atomic E-state index is 10.7. The molecule has 1 amide bonds. The summed E-state index contributed by atoms with van der Waals surface area (Å²) in [5.74, 6) is -1.48. The third-order valence-electron chi connectivity index (χ3n) is 1.86. The molecule has 0 aromatic heterocycles. The second kappa shape index (κ2) is 11.8. The summed E-state index contributed by atoms with van der Waals surface area (Å²) in [6.45, 7) is 3.47. The molecule has 0 aliphatic heterocycles. The third kappa shape index (κ3) is 10.8. The zero-order valence-corrected chi connectivity index (χ0v) is 12.6. The first-order valence-electron chi connectivity index (χ1n) is 5.13. The molecule has 0 aromatic carbocycles. The summed E-state index contributed by atoms with van der Waals surface area (Å²) in [6, 6.07) is -0.797. The molecule has 4 nitrogen and oxygen atoms in total. The van der Waals surface area contributed by atoms with Crippen LogP contribution in [0.25, 0.3) is 0 Å². The summed E-state index contributed by atoms with van der Waals surface area (Å²) in [6.07, 6.45) is 2.95. The van der Waals surface area contributed by atoms with E-state index in [0.29, 0.717) is 6.42 Å². The molecule has 1 N–H and O–H groups in total. The Labute approximate surface area is 119 Å². The molecule has 1 unspecified atom stereocenters. The van der Waals surface area contributed by atoms with Crippen molar-refractivity contribution in [2.24, 2.45) is 0 Å². The van der Waals surface area contributed by atoms with E-state index in [4.69, 9.17) is 0 Å². The standard InChI is InChI=1S/C10H19NO3Te.Li/c1-3-4-6-15-7-5-9(10(13)14)11-8(2)12;/h9H,3-7H2,1-2H3,(H,11,12)(H,13,14);/q;+1/p-1. The Morgan fingerprint density at radius 2 is 2.00 bits per heavy atom. The van der Waals surface area contributed by atoms with Crippen molar-refractivity contribution in [3.8, 4) is 0 Å². The average Bonchev–Trinajstić information content (AvgIpc) is 2.15. The van der Waals surface area contributed by atoms with E-state index in [9.17, 15) is 14.7 Å². The Hall–Kier alpha value is 0.327. The Morgan fingerprint density at radius 3 is 2.44 bits per heavy atom. The maximum absolute atomic E-state index is 10.7. The van der Waals surface area contributed by atoms with Gasteiger partial charge in [0.05, 0.1) is 0 Å². The van der Waals surface area contributed by atoms with Crippen LogP contribution in [0.2, 0.25) is 8.94 Å². The first kappa shape index (κ1) is 18.7. The predicted molar refractivity (Wildman–Crippen MR) is 57.5 cm³/mol. The molecule has 0 saturated carbocycles. The molecule has 0 aromatic rings. The topological polar surface area (TPSA) is 69.2 Å². The van der Waals surface area contributed by atoms with Crippen molar-refractivity contribution in [3.63, 3.8) is 0 Å². The van der Waals surface area contributed by atoms with E-state index in [1.807, 2.05) is 0 Å². The van der Waals surface area contributed by atoms with Gasteiger partial charge in [-0.2, -0.15) is 0 Å². The van der Waals surface area contributed by atoms with Gasteiger partial charge >= 0.3 is 120 Å². The van der Waals surface area contributed by atoms with Gasteiger partial charge in [0, 0.05) is 0 Å². The van der Waals surface area contributed by atoms with E-state index in [1.54, 1.807) is 0 Å². The van der Waals surface area contributed by atoms with Crippen molar-refractivity contribution in [2.45, 2.75) is 48.1 Å². The number of carbonyl (C=O) groups is 2. The number of aliphatic carboxylic acids is 1. The smallest absolute Gasteiger partial charge is 1.00 e. The molecule has 0 radical (unpaired) electrons. The van der Waals surface area contributed by atoms with Gasteiger partial charge < -0.3 is 0 Å². The van der Waals surface area contributed by atoms with Crippen molar-refractivity contribution < 1.29 is 33.6 Å². The van der Waals surface area contributed by atoms with Gasteiger partial charge in [0.25, 0.3) is 0 Å². The molecule has 0 rings (SSSR count). The van der Waals surface area contributed by atoms with E-state index in [1.165, 1.54) is 24.2 Å². The van der Waals surface area contributed by atoms with Gasteiger partial charge in [0.2, 0.25) is 0 Å². The fraction of sp³-hybridized carbons (Fsp3) is 0.800. The summed E-state index contributed by atoms with van der Waals surface area (Å²) >= 11 is -0.0764. The van der Waals surface area contributed by atoms with Crippen LogP contribution in [0.1, 0.15) is 33.1 Å². The SMILES string of the molecule is CCCC[Te]CCC(NC(C)=O)C(=O)[O-].[Li+]. The summed E-state index contributed by atoms with van der Waals surface area (Å²) in [4.78, 5) is 21.3. The minimum absolute atomic E-state index is 0. The van der Waals surface area contributed by atoms with Crippen LogP contribution in [0.3, 0.4) is 0 Å². The van der Waals surface area contributed by atoms with Gasteiger partial charge in [-0.05, 0) is 0 Å². The number of carboxylic acids is 1. The molecule has 0 heterocycles. The van der Waals surface area contributed by atoms with Gasteiger partial charge in [-0.3, -0.25) is 0 Å². The molecule has 0 aliphatic rings. The average molecular weight is 335 g/mol. The van der Waals surface area contributed by atoms with Gasteiger partial charge in [-0.1, -0.05) is 0 Å². The number of amides is 1. The van der Waals surface area contributed by atoms with Crippen molar-refractivity contribution in [3.05, 3.63) is 0 Å². The first-order chi connectivity index (χ1) is 7.07. The molecule has 6 heteroatoms. The quantitative estimate of drug-likeness (QED) is 0.379. The van der Waals surface area contributed by atoms with Gasteiger partial charge in [-0.25, -0.2) is 0 Å². The Bertz CT molecular complexity index is 214. The number of carboxylic acid groups (broad SMARTS) is 1. The molecule has 88 valence electrons. The maximum Gasteiger partial charge on any atom is 1.00 e. The van der Waals surface area contributed by atoms with Crippen LogP contribution < -0.4 is 29.3 Å². The zero-order chi connectivity index (χ0) is 11.7. The van der Waals surface area contributed by atoms with Crippen LogP contribution in [0.15, 0.2) is 0 Å². The second-order valence-corrected chi connectivity index (χ2v) is 6.82. The fourth-order valence-electron chi connectivity index (χ4n) is 1.04. The van der Waals surface area contributed by atoms with E-state index < -0.39 is 12.0 Å². The summed E-state index contributed by atoms with van der Waals surface area (Å²) in [5, 5.41) is 13.0. The minimum Gasteiger partial charge on any atom is 1.00 e. The third-order valence-corrected chi connectivity index (χ3v) is 5.00. The normalized spacial score (nSPS) is 11.4. The summed E-state index contributed by atoms with van der Waals surface area (Å²) < 4.78 is 2.20. The van der Waals surface area contributed by atoms with Crippen LogP contribution in [0.4, 0.5) is 0 Å². The number of rotatable bonds is 8. The van der Waals surface area contributed by atoms with Crippen molar-refractivity contribution in [1.29, 1.82) is 0 Å². The molecular formula is C10H18LiNO3Te. The van der Waals surface area contributed by atoms with E-state index >= 15 is 0 Å². The second-order valence-electron chi connectivity index (χ2n) is 3.33. The van der Waals surface area contributed by atoms with Gasteiger partial charge in [0.1, 0.15) is 0 Å². The molecule has 0 aliphatic carbocycles. The number of carbonyl (C=O) groups excluding carboxylic acids is 2. The Morgan fingerprint density at radius 1 is 1.38 bits per heavy atom. The first-order valence-corrected chi connectivity index (χ1v) is 8.43. The zero-order valence-electron chi connectivity index (χ0n) is 10.2. The number of hydrogen-bond donors (Lipinski definition) is 1.